The molecule has 2 aromatic rings. The van der Waals surface area contributed by atoms with Gasteiger partial charge in [0.15, 0.2) is 5.22 Å². The highest BCUT2D eigenvalue weighted by Gasteiger charge is 2.23. The predicted octanol–water partition coefficient (Wildman–Crippen LogP) is 3.56. The Morgan fingerprint density at radius 2 is 1.94 bits per heavy atom. The van der Waals surface area contributed by atoms with Gasteiger partial charge < -0.3 is 14.3 Å². The average molecular weight is 265 g/mol. The molecule has 1 heterocycles. The SMILES string of the molecule is OC(c1ccc(OC2CC2)cc1)c1ccoc1Cl. The molecule has 1 unspecified atom stereocenters. The molecule has 3 rings (SSSR count). The number of hydrogen-bond acceptors (Lipinski definition) is 3. The van der Waals surface area contributed by atoms with Crippen LogP contribution in [0.3, 0.4) is 0 Å². The van der Waals surface area contributed by atoms with E-state index in [1.54, 1.807) is 6.07 Å². The first-order chi connectivity index (χ1) is 8.74. The van der Waals surface area contributed by atoms with Crippen LogP contribution in [0.2, 0.25) is 5.22 Å². The van der Waals surface area contributed by atoms with E-state index in [1.807, 2.05) is 24.3 Å². The lowest BCUT2D eigenvalue weighted by molar-refractivity contribution is 0.219. The molecule has 1 aromatic carbocycles. The Morgan fingerprint density at radius 1 is 1.22 bits per heavy atom. The predicted molar refractivity (Wildman–Crippen MR) is 67.9 cm³/mol. The Hall–Kier alpha value is -1.45. The molecule has 0 aliphatic heterocycles. The molecule has 4 heteroatoms. The van der Waals surface area contributed by atoms with Crippen molar-refractivity contribution >= 4 is 11.6 Å². The van der Waals surface area contributed by atoms with Crippen molar-refractivity contribution in [1.82, 2.24) is 0 Å². The van der Waals surface area contributed by atoms with Gasteiger partial charge in [-0.2, -0.15) is 0 Å². The second kappa shape index (κ2) is 4.67. The molecule has 1 aliphatic carbocycles. The third-order valence-electron chi connectivity index (χ3n) is 2.96. The van der Waals surface area contributed by atoms with Gasteiger partial charge in [0.1, 0.15) is 11.9 Å². The van der Waals surface area contributed by atoms with E-state index in [4.69, 9.17) is 20.8 Å². The molecule has 1 saturated carbocycles. The number of halogens is 1. The summed E-state index contributed by atoms with van der Waals surface area (Å²) >= 11 is 5.84. The van der Waals surface area contributed by atoms with Gasteiger partial charge in [-0.15, -0.1) is 0 Å². The molecule has 0 saturated heterocycles. The van der Waals surface area contributed by atoms with Crippen molar-refractivity contribution < 1.29 is 14.3 Å². The van der Waals surface area contributed by atoms with Gasteiger partial charge in [-0.3, -0.25) is 0 Å². The van der Waals surface area contributed by atoms with E-state index in [0.29, 0.717) is 11.7 Å². The summed E-state index contributed by atoms with van der Waals surface area (Å²) in [6, 6.07) is 9.08. The number of hydrogen-bond donors (Lipinski definition) is 1. The second-order valence-corrected chi connectivity index (χ2v) is 4.78. The van der Waals surface area contributed by atoms with Crippen molar-refractivity contribution in [2.75, 3.05) is 0 Å². The molecule has 18 heavy (non-hydrogen) atoms. The molecule has 1 fully saturated rings. The highest BCUT2D eigenvalue weighted by molar-refractivity contribution is 6.29. The van der Waals surface area contributed by atoms with E-state index in [0.717, 1.165) is 24.2 Å². The van der Waals surface area contributed by atoms with Gasteiger partial charge in [-0.1, -0.05) is 12.1 Å². The lowest BCUT2D eigenvalue weighted by Crippen LogP contribution is -2.00. The summed E-state index contributed by atoms with van der Waals surface area (Å²) in [5.41, 5.74) is 1.34. The number of ether oxygens (including phenoxy) is 1. The normalized spacial score (nSPS) is 16.6. The third-order valence-corrected chi connectivity index (χ3v) is 3.27. The smallest absolute Gasteiger partial charge is 0.199 e. The van der Waals surface area contributed by atoms with Gasteiger partial charge in [0.05, 0.1) is 12.4 Å². The fourth-order valence-electron chi connectivity index (χ4n) is 1.79. The average Bonchev–Trinajstić information content (AvgIpc) is 3.09. The first-order valence-corrected chi connectivity index (χ1v) is 6.29. The number of rotatable bonds is 4. The summed E-state index contributed by atoms with van der Waals surface area (Å²) < 4.78 is 10.6. The zero-order valence-corrected chi connectivity index (χ0v) is 10.4. The molecule has 1 N–H and O–H groups in total. The maximum absolute atomic E-state index is 10.2. The fourth-order valence-corrected chi connectivity index (χ4v) is 2.00. The molecule has 1 aromatic heterocycles. The van der Waals surface area contributed by atoms with E-state index in [1.165, 1.54) is 6.26 Å². The molecule has 0 amide bonds. The molecule has 0 spiro atoms. The van der Waals surface area contributed by atoms with E-state index in [-0.39, 0.29) is 5.22 Å². The third kappa shape index (κ3) is 2.37. The Balaban J connectivity index is 1.77. The van der Waals surface area contributed by atoms with Gasteiger partial charge in [0.2, 0.25) is 0 Å². The fraction of sp³-hybridized carbons (Fsp3) is 0.286. The van der Waals surface area contributed by atoms with E-state index in [2.05, 4.69) is 0 Å². The summed E-state index contributed by atoms with van der Waals surface area (Å²) in [7, 11) is 0. The van der Waals surface area contributed by atoms with Crippen molar-refractivity contribution in [2.45, 2.75) is 25.0 Å². The first kappa shape index (κ1) is 11.6. The van der Waals surface area contributed by atoms with Crippen LogP contribution < -0.4 is 4.74 Å². The Bertz CT molecular complexity index is 528. The van der Waals surface area contributed by atoms with Gasteiger partial charge in [0, 0.05) is 5.56 Å². The second-order valence-electron chi connectivity index (χ2n) is 4.44. The molecule has 1 aliphatic rings. The van der Waals surface area contributed by atoms with Crippen LogP contribution in [-0.4, -0.2) is 11.2 Å². The van der Waals surface area contributed by atoms with Crippen LogP contribution in [0.1, 0.15) is 30.1 Å². The van der Waals surface area contributed by atoms with Crippen molar-refractivity contribution in [3.8, 4) is 5.75 Å². The molecule has 1 atom stereocenters. The van der Waals surface area contributed by atoms with Crippen molar-refractivity contribution in [2.24, 2.45) is 0 Å². The first-order valence-electron chi connectivity index (χ1n) is 5.91. The van der Waals surface area contributed by atoms with E-state index < -0.39 is 6.10 Å². The summed E-state index contributed by atoms with van der Waals surface area (Å²) in [5, 5.41) is 10.4. The van der Waals surface area contributed by atoms with Crippen LogP contribution in [0.25, 0.3) is 0 Å². The van der Waals surface area contributed by atoms with Crippen LogP contribution in [0, 0.1) is 0 Å². The van der Waals surface area contributed by atoms with Crippen LogP contribution in [0.4, 0.5) is 0 Å². The minimum absolute atomic E-state index is 0.223. The molecule has 94 valence electrons. The van der Waals surface area contributed by atoms with Crippen molar-refractivity contribution in [3.63, 3.8) is 0 Å². The number of benzene rings is 1. The zero-order chi connectivity index (χ0) is 12.5. The van der Waals surface area contributed by atoms with Crippen LogP contribution in [-0.2, 0) is 0 Å². The van der Waals surface area contributed by atoms with Gasteiger partial charge in [-0.25, -0.2) is 0 Å². The Labute approximate surface area is 110 Å². The quantitative estimate of drug-likeness (QED) is 0.918. The largest absolute Gasteiger partial charge is 0.490 e. The van der Waals surface area contributed by atoms with Crippen LogP contribution in [0.15, 0.2) is 41.0 Å². The Morgan fingerprint density at radius 3 is 2.50 bits per heavy atom. The summed E-state index contributed by atoms with van der Waals surface area (Å²) in [5.74, 6) is 0.840. The van der Waals surface area contributed by atoms with Gasteiger partial charge in [0.25, 0.3) is 0 Å². The minimum Gasteiger partial charge on any atom is -0.490 e. The maximum Gasteiger partial charge on any atom is 0.199 e. The molecule has 0 bridgehead atoms. The molecular weight excluding hydrogens is 252 g/mol. The van der Waals surface area contributed by atoms with E-state index >= 15 is 0 Å². The summed E-state index contributed by atoms with van der Waals surface area (Å²) in [6.45, 7) is 0. The number of furan rings is 1. The summed E-state index contributed by atoms with van der Waals surface area (Å²) in [4.78, 5) is 0. The zero-order valence-electron chi connectivity index (χ0n) is 9.67. The van der Waals surface area contributed by atoms with Crippen molar-refractivity contribution in [3.05, 3.63) is 52.9 Å². The molecular formula is C14H13ClO3. The van der Waals surface area contributed by atoms with Gasteiger partial charge in [-0.05, 0) is 48.2 Å². The van der Waals surface area contributed by atoms with Crippen LogP contribution in [0.5, 0.6) is 5.75 Å². The molecule has 3 nitrogen and oxygen atoms in total. The standard InChI is InChI=1S/C14H13ClO3/c15-14-12(7-8-17-14)13(16)9-1-3-10(4-2-9)18-11-5-6-11/h1-4,7-8,11,13,16H,5-6H2. The Kier molecular flexibility index (Phi) is 3.02. The maximum atomic E-state index is 10.2. The highest BCUT2D eigenvalue weighted by Crippen LogP contribution is 2.31. The van der Waals surface area contributed by atoms with Crippen LogP contribution >= 0.6 is 11.6 Å². The monoisotopic (exact) mass is 264 g/mol. The lowest BCUT2D eigenvalue weighted by atomic mass is 10.0. The topological polar surface area (TPSA) is 42.6 Å². The van der Waals surface area contributed by atoms with E-state index in [9.17, 15) is 5.11 Å². The van der Waals surface area contributed by atoms with Crippen molar-refractivity contribution in [1.29, 1.82) is 0 Å². The number of aliphatic hydroxyl groups excluding tert-OH is 1. The van der Waals surface area contributed by atoms with Gasteiger partial charge >= 0.3 is 0 Å². The molecule has 0 radical (unpaired) electrons. The minimum atomic E-state index is -0.772. The number of aliphatic hydroxyl groups is 1. The highest BCUT2D eigenvalue weighted by atomic mass is 35.5. The summed E-state index contributed by atoms with van der Waals surface area (Å²) in [6.07, 6.45) is 3.34. The lowest BCUT2D eigenvalue weighted by Gasteiger charge is -2.10.